The molecule has 0 unspecified atom stereocenters. The Morgan fingerprint density at radius 1 is 1.19 bits per heavy atom. The smallest absolute Gasteiger partial charge is 0.263 e. The Balaban J connectivity index is 1.62. The molecule has 1 fully saturated rings. The average molecular weight is 363 g/mol. The van der Waals surface area contributed by atoms with E-state index in [1.165, 1.54) is 4.88 Å². The summed E-state index contributed by atoms with van der Waals surface area (Å²) in [5.41, 5.74) is 1.33. The van der Waals surface area contributed by atoms with Gasteiger partial charge in [-0.15, -0.1) is 11.3 Å². The summed E-state index contributed by atoms with van der Waals surface area (Å²) in [7, 11) is 0. The first-order chi connectivity index (χ1) is 12.8. The predicted molar refractivity (Wildman–Crippen MR) is 103 cm³/mol. The van der Waals surface area contributed by atoms with E-state index in [0.29, 0.717) is 23.0 Å². The van der Waals surface area contributed by atoms with Gasteiger partial charge in [0.15, 0.2) is 5.65 Å². The number of rotatable bonds is 5. The highest BCUT2D eigenvalue weighted by Crippen LogP contribution is 2.32. The molecule has 7 heteroatoms. The number of hydrogen-bond donors (Lipinski definition) is 1. The Labute approximate surface area is 153 Å². The Bertz CT molecular complexity index is 1100. The van der Waals surface area contributed by atoms with Gasteiger partial charge in [-0.1, -0.05) is 24.3 Å². The van der Waals surface area contributed by atoms with Crippen LogP contribution < -0.4 is 10.5 Å². The van der Waals surface area contributed by atoms with Crippen LogP contribution in [0, 0.1) is 0 Å². The van der Waals surface area contributed by atoms with E-state index in [0.717, 1.165) is 25.1 Å². The number of nitrogens with zero attached hydrogens (tertiary/aromatic N) is 4. The van der Waals surface area contributed by atoms with Crippen molar-refractivity contribution in [2.24, 2.45) is 0 Å². The van der Waals surface area contributed by atoms with Crippen molar-refractivity contribution >= 4 is 28.3 Å². The first-order valence-electron chi connectivity index (χ1n) is 8.62. The molecule has 0 amide bonds. The second-order valence-electron chi connectivity index (χ2n) is 6.46. The largest absolute Gasteiger partial charge is 0.334 e. The number of fused-ring (bicyclic) bond motifs is 1. The van der Waals surface area contributed by atoms with Crippen LogP contribution in [0.5, 0.6) is 0 Å². The molecule has 3 aromatic heterocycles. The number of H-pyrrole nitrogens is 1. The molecular weight excluding hydrogens is 346 g/mol. The molecule has 26 heavy (non-hydrogen) atoms. The van der Waals surface area contributed by atoms with Crippen LogP contribution in [0.4, 0.5) is 5.95 Å². The van der Waals surface area contributed by atoms with E-state index in [4.69, 9.17) is 4.98 Å². The van der Waals surface area contributed by atoms with Crippen LogP contribution in [0.3, 0.4) is 0 Å². The van der Waals surface area contributed by atoms with Gasteiger partial charge in [0, 0.05) is 10.9 Å². The van der Waals surface area contributed by atoms with E-state index in [-0.39, 0.29) is 5.56 Å². The number of anilines is 1. The fourth-order valence-corrected chi connectivity index (χ4v) is 3.84. The van der Waals surface area contributed by atoms with Crippen molar-refractivity contribution < 1.29 is 0 Å². The summed E-state index contributed by atoms with van der Waals surface area (Å²) in [6.45, 7) is 0.760. The lowest BCUT2D eigenvalue weighted by molar-refractivity contribution is 0.763. The Hall–Kier alpha value is -2.93. The SMILES string of the molecule is O=c1[nH]c(N(Cc2cccs2)C2CC2)nc2c1cnn2-c1ccccc1. The summed E-state index contributed by atoms with van der Waals surface area (Å²) in [6, 6.07) is 14.4. The molecule has 0 spiro atoms. The van der Waals surface area contributed by atoms with Gasteiger partial charge in [0.2, 0.25) is 5.95 Å². The Morgan fingerprint density at radius 2 is 2.04 bits per heavy atom. The van der Waals surface area contributed by atoms with Gasteiger partial charge in [-0.25, -0.2) is 4.68 Å². The molecule has 0 saturated heterocycles. The summed E-state index contributed by atoms with van der Waals surface area (Å²) in [5.74, 6) is 0.621. The van der Waals surface area contributed by atoms with Gasteiger partial charge in [-0.3, -0.25) is 9.78 Å². The van der Waals surface area contributed by atoms with Gasteiger partial charge in [0.25, 0.3) is 5.56 Å². The zero-order chi connectivity index (χ0) is 17.5. The van der Waals surface area contributed by atoms with Crippen LogP contribution in [0.2, 0.25) is 0 Å². The minimum absolute atomic E-state index is 0.149. The van der Waals surface area contributed by atoms with Gasteiger partial charge in [0.1, 0.15) is 5.39 Å². The fourth-order valence-electron chi connectivity index (χ4n) is 3.13. The van der Waals surface area contributed by atoms with Crippen molar-refractivity contribution in [3.05, 3.63) is 69.3 Å². The number of aromatic nitrogens is 4. The Morgan fingerprint density at radius 3 is 2.77 bits per heavy atom. The number of aromatic amines is 1. The number of hydrogen-bond acceptors (Lipinski definition) is 5. The van der Waals surface area contributed by atoms with E-state index < -0.39 is 0 Å². The minimum Gasteiger partial charge on any atom is -0.334 e. The third kappa shape index (κ3) is 2.70. The molecule has 130 valence electrons. The van der Waals surface area contributed by atoms with Gasteiger partial charge < -0.3 is 4.90 Å². The molecular formula is C19H17N5OS. The van der Waals surface area contributed by atoms with Gasteiger partial charge in [0.05, 0.1) is 18.4 Å². The highest BCUT2D eigenvalue weighted by Gasteiger charge is 2.31. The van der Waals surface area contributed by atoms with E-state index >= 15 is 0 Å². The molecule has 0 atom stereocenters. The normalized spacial score (nSPS) is 14.0. The van der Waals surface area contributed by atoms with Crippen LogP contribution in [-0.4, -0.2) is 25.8 Å². The van der Waals surface area contributed by atoms with Crippen molar-refractivity contribution in [3.63, 3.8) is 0 Å². The van der Waals surface area contributed by atoms with Gasteiger partial charge in [-0.05, 0) is 36.4 Å². The van der Waals surface area contributed by atoms with E-state index in [1.807, 2.05) is 30.3 Å². The highest BCUT2D eigenvalue weighted by molar-refractivity contribution is 7.09. The standard InChI is InChI=1S/C19H17N5OS/c25-18-16-11-20-24(14-5-2-1-3-6-14)17(16)21-19(22-18)23(13-8-9-13)12-15-7-4-10-26-15/h1-7,10-11,13H,8-9,12H2,(H,21,22,25). The van der Waals surface area contributed by atoms with Crippen LogP contribution in [0.25, 0.3) is 16.7 Å². The minimum atomic E-state index is -0.149. The molecule has 0 radical (unpaired) electrons. The zero-order valence-electron chi connectivity index (χ0n) is 14.0. The molecule has 5 rings (SSSR count). The van der Waals surface area contributed by atoms with Crippen molar-refractivity contribution in [1.82, 2.24) is 19.7 Å². The third-order valence-electron chi connectivity index (χ3n) is 4.59. The lowest BCUT2D eigenvalue weighted by Crippen LogP contribution is -2.29. The molecule has 0 aliphatic heterocycles. The summed E-state index contributed by atoms with van der Waals surface area (Å²) < 4.78 is 1.73. The molecule has 3 heterocycles. The maximum atomic E-state index is 12.6. The molecule has 1 aromatic carbocycles. The van der Waals surface area contributed by atoms with Crippen LogP contribution in [0.1, 0.15) is 17.7 Å². The second kappa shape index (κ2) is 6.10. The van der Waals surface area contributed by atoms with Crippen LogP contribution in [0.15, 0.2) is 58.8 Å². The molecule has 6 nitrogen and oxygen atoms in total. The van der Waals surface area contributed by atoms with Crippen LogP contribution in [-0.2, 0) is 6.54 Å². The monoisotopic (exact) mass is 363 g/mol. The van der Waals surface area contributed by atoms with Crippen LogP contribution >= 0.6 is 11.3 Å². The predicted octanol–water partition coefficient (Wildman–Crippen LogP) is 3.34. The molecule has 1 aliphatic carbocycles. The maximum absolute atomic E-state index is 12.6. The molecule has 0 bridgehead atoms. The van der Waals surface area contributed by atoms with Crippen molar-refractivity contribution in [2.45, 2.75) is 25.4 Å². The van der Waals surface area contributed by atoms with Crippen molar-refractivity contribution in [2.75, 3.05) is 4.90 Å². The zero-order valence-corrected chi connectivity index (χ0v) is 14.8. The summed E-state index contributed by atoms with van der Waals surface area (Å²) in [6.07, 6.45) is 3.84. The topological polar surface area (TPSA) is 66.8 Å². The number of thiophene rings is 1. The average Bonchev–Trinajstić information content (AvgIpc) is 3.19. The molecule has 1 aliphatic rings. The molecule has 1 N–H and O–H groups in total. The van der Waals surface area contributed by atoms with Gasteiger partial charge >= 0.3 is 0 Å². The van der Waals surface area contributed by atoms with Crippen molar-refractivity contribution in [3.8, 4) is 5.69 Å². The first kappa shape index (κ1) is 15.3. The van der Waals surface area contributed by atoms with E-state index in [2.05, 4.69) is 32.5 Å². The van der Waals surface area contributed by atoms with E-state index in [1.54, 1.807) is 22.2 Å². The van der Waals surface area contributed by atoms with Crippen molar-refractivity contribution in [1.29, 1.82) is 0 Å². The second-order valence-corrected chi connectivity index (χ2v) is 7.49. The highest BCUT2D eigenvalue weighted by atomic mass is 32.1. The lowest BCUT2D eigenvalue weighted by atomic mass is 10.3. The Kier molecular flexibility index (Phi) is 3.60. The van der Waals surface area contributed by atoms with E-state index in [9.17, 15) is 4.79 Å². The fraction of sp³-hybridized carbons (Fsp3) is 0.211. The third-order valence-corrected chi connectivity index (χ3v) is 5.45. The summed E-state index contributed by atoms with van der Waals surface area (Å²) in [4.78, 5) is 23.8. The molecule has 1 saturated carbocycles. The quantitative estimate of drug-likeness (QED) is 0.591. The maximum Gasteiger partial charge on any atom is 0.263 e. The molecule has 4 aromatic rings. The summed E-state index contributed by atoms with van der Waals surface area (Å²) in [5, 5.41) is 6.96. The first-order valence-corrected chi connectivity index (χ1v) is 9.50. The number of benzene rings is 1. The van der Waals surface area contributed by atoms with Gasteiger partial charge in [-0.2, -0.15) is 10.1 Å². The number of para-hydroxylation sites is 1. The summed E-state index contributed by atoms with van der Waals surface area (Å²) >= 11 is 1.72. The number of nitrogens with one attached hydrogen (secondary N) is 1. The lowest BCUT2D eigenvalue weighted by Gasteiger charge is -2.22.